The second-order valence-corrected chi connectivity index (χ2v) is 5.79. The molecule has 0 aliphatic rings. The first-order valence-electron chi connectivity index (χ1n) is 5.17. The van der Waals surface area contributed by atoms with Gasteiger partial charge < -0.3 is 4.74 Å². The smallest absolute Gasteiger partial charge is 0.118 e. The molecule has 0 unspecified atom stereocenters. The van der Waals surface area contributed by atoms with Crippen molar-refractivity contribution in [3.05, 3.63) is 54.6 Å². The third-order valence-electron chi connectivity index (χ3n) is 2.53. The van der Waals surface area contributed by atoms with Gasteiger partial charge in [-0.1, -0.05) is 18.2 Å². The second kappa shape index (κ2) is 4.69. The van der Waals surface area contributed by atoms with Crippen molar-refractivity contribution in [2.24, 2.45) is 0 Å². The van der Waals surface area contributed by atoms with Crippen molar-refractivity contribution in [1.82, 2.24) is 0 Å². The Hall–Kier alpha value is -1.65. The predicted molar refractivity (Wildman–Crippen MR) is 68.1 cm³/mol. The van der Waals surface area contributed by atoms with Crippen LogP contribution in [0.15, 0.2) is 64.4 Å². The molecule has 3 nitrogen and oxygen atoms in total. The van der Waals surface area contributed by atoms with Crippen molar-refractivity contribution < 1.29 is 13.5 Å². The molecule has 0 saturated carbocycles. The molecule has 2 rings (SSSR count). The minimum absolute atomic E-state index is 0.407. The average Bonchev–Trinajstić information content (AvgIpc) is 2.40. The Kier molecular flexibility index (Phi) is 3.26. The first kappa shape index (κ1) is 11.8. The van der Waals surface area contributed by atoms with Gasteiger partial charge in [-0.2, -0.15) is 0 Å². The van der Waals surface area contributed by atoms with Gasteiger partial charge in [0, 0.05) is 0 Å². The van der Waals surface area contributed by atoms with Gasteiger partial charge in [0.1, 0.15) is 5.75 Å². The molecule has 90 valence electrons. The molecule has 0 amide bonds. The Morgan fingerprint density at radius 1 is 0.941 bits per heavy atom. The minimum atomic E-state index is -3.48. The highest BCUT2D eigenvalue weighted by Crippen LogP contribution is 2.26. The lowest BCUT2D eigenvalue weighted by Crippen LogP contribution is -2.10. The van der Waals surface area contributed by atoms with E-state index < -0.39 is 10.2 Å². The number of thiol groups is 1. The highest BCUT2D eigenvalue weighted by Gasteiger charge is 2.11. The van der Waals surface area contributed by atoms with E-state index in [1.54, 1.807) is 55.6 Å². The third-order valence-corrected chi connectivity index (χ3v) is 4.52. The molecule has 0 aromatic heterocycles. The molecule has 0 radical (unpaired) electrons. The summed E-state index contributed by atoms with van der Waals surface area (Å²) in [6.07, 6.45) is 0. The summed E-state index contributed by atoms with van der Waals surface area (Å²) >= 11 is 0. The van der Waals surface area contributed by atoms with Gasteiger partial charge in [0.2, 0.25) is 0 Å². The van der Waals surface area contributed by atoms with Crippen molar-refractivity contribution in [3.63, 3.8) is 0 Å². The van der Waals surface area contributed by atoms with E-state index in [0.717, 1.165) is 0 Å². The maximum atomic E-state index is 12.3. The summed E-state index contributed by atoms with van der Waals surface area (Å²) in [7, 11) is -1.92. The van der Waals surface area contributed by atoms with Gasteiger partial charge in [0.15, 0.2) is 0 Å². The van der Waals surface area contributed by atoms with Gasteiger partial charge in [-0.3, -0.25) is 4.55 Å². The molecule has 0 saturated heterocycles. The molecule has 0 bridgehead atoms. The maximum Gasteiger partial charge on any atom is 0.118 e. The van der Waals surface area contributed by atoms with Crippen molar-refractivity contribution in [2.45, 2.75) is 9.79 Å². The lowest BCUT2D eigenvalue weighted by molar-refractivity contribution is 0.414. The first-order chi connectivity index (χ1) is 8.14. The molecule has 0 atom stereocenters. The van der Waals surface area contributed by atoms with Gasteiger partial charge >= 0.3 is 0 Å². The molecule has 0 aliphatic carbocycles. The van der Waals surface area contributed by atoms with Crippen LogP contribution in [-0.4, -0.2) is 15.9 Å². The van der Waals surface area contributed by atoms with Crippen molar-refractivity contribution >= 4 is 10.2 Å². The summed E-state index contributed by atoms with van der Waals surface area (Å²) in [5, 5.41) is 0. The summed E-state index contributed by atoms with van der Waals surface area (Å²) in [5.74, 6) is 0.668. The molecule has 4 heteroatoms. The highest BCUT2D eigenvalue weighted by atomic mass is 32.3. The van der Waals surface area contributed by atoms with Crippen LogP contribution in [-0.2, 0) is 10.2 Å². The summed E-state index contributed by atoms with van der Waals surface area (Å²) in [5.41, 5.74) is 0. The van der Waals surface area contributed by atoms with Crippen LogP contribution < -0.4 is 4.74 Å². The fourth-order valence-electron chi connectivity index (χ4n) is 1.56. The van der Waals surface area contributed by atoms with Crippen LogP contribution in [0.3, 0.4) is 0 Å². The molecule has 0 aliphatic heterocycles. The summed E-state index contributed by atoms with van der Waals surface area (Å²) in [6, 6.07) is 15.2. The standard InChI is InChI=1S/C13H14O3S/c1-16-11-7-9-13(10-8-11)17(14,15)12-5-3-2-4-6-12/h2-10,17H,1H3,(H,14,15). The van der Waals surface area contributed by atoms with Crippen LogP contribution in [0.2, 0.25) is 0 Å². The van der Waals surface area contributed by atoms with E-state index in [1.807, 2.05) is 6.07 Å². The number of benzene rings is 2. The Labute approximate surface area is 101 Å². The molecular formula is C13H14O3S. The lowest BCUT2D eigenvalue weighted by atomic mass is 10.3. The number of ether oxygens (including phenoxy) is 1. The highest BCUT2D eigenvalue weighted by molar-refractivity contribution is 7.97. The van der Waals surface area contributed by atoms with Crippen molar-refractivity contribution in [1.29, 1.82) is 0 Å². The molecule has 0 spiro atoms. The van der Waals surface area contributed by atoms with Crippen LogP contribution in [0.5, 0.6) is 5.75 Å². The van der Waals surface area contributed by atoms with Gasteiger partial charge in [-0.05, 0) is 36.4 Å². The minimum Gasteiger partial charge on any atom is -0.497 e. The Bertz CT molecular complexity index is 534. The first-order valence-corrected chi connectivity index (χ1v) is 6.83. The molecule has 17 heavy (non-hydrogen) atoms. The molecule has 0 heterocycles. The fraction of sp³-hybridized carbons (Fsp3) is 0.0769. The van der Waals surface area contributed by atoms with Crippen molar-refractivity contribution in [3.8, 4) is 5.75 Å². The SMILES string of the molecule is COc1ccc([SH](=O)(O)c2ccccc2)cc1. The summed E-state index contributed by atoms with van der Waals surface area (Å²) < 4.78 is 27.5. The zero-order chi connectivity index (χ0) is 12.3. The Balaban J connectivity index is 2.41. The largest absolute Gasteiger partial charge is 0.497 e. The van der Waals surface area contributed by atoms with E-state index in [-0.39, 0.29) is 0 Å². The number of hydrogen-bond acceptors (Lipinski definition) is 2. The van der Waals surface area contributed by atoms with E-state index in [9.17, 15) is 8.76 Å². The monoisotopic (exact) mass is 250 g/mol. The lowest BCUT2D eigenvalue weighted by Gasteiger charge is -2.23. The van der Waals surface area contributed by atoms with Crippen LogP contribution in [0.4, 0.5) is 0 Å². The van der Waals surface area contributed by atoms with Crippen LogP contribution in [0.1, 0.15) is 0 Å². The van der Waals surface area contributed by atoms with E-state index in [1.165, 1.54) is 0 Å². The maximum absolute atomic E-state index is 12.3. The molecule has 2 aromatic rings. The zero-order valence-electron chi connectivity index (χ0n) is 9.41. The topological polar surface area (TPSA) is 46.5 Å². The molecule has 2 aromatic carbocycles. The van der Waals surface area contributed by atoms with Gasteiger partial charge in [0.25, 0.3) is 0 Å². The fourth-order valence-corrected chi connectivity index (χ4v) is 2.99. The molecular weight excluding hydrogens is 236 g/mol. The molecule has 1 N–H and O–H groups in total. The molecule has 0 fully saturated rings. The number of rotatable bonds is 3. The number of methoxy groups -OCH3 is 1. The van der Waals surface area contributed by atoms with Crippen molar-refractivity contribution in [2.75, 3.05) is 7.11 Å². The van der Waals surface area contributed by atoms with Crippen LogP contribution >= 0.6 is 0 Å². The van der Waals surface area contributed by atoms with E-state index >= 15 is 0 Å². The van der Waals surface area contributed by atoms with E-state index in [4.69, 9.17) is 4.74 Å². The van der Waals surface area contributed by atoms with Gasteiger partial charge in [-0.15, -0.1) is 10.2 Å². The van der Waals surface area contributed by atoms with Gasteiger partial charge in [-0.25, -0.2) is 4.21 Å². The second-order valence-electron chi connectivity index (χ2n) is 3.61. The Morgan fingerprint density at radius 3 is 2.00 bits per heavy atom. The quantitative estimate of drug-likeness (QED) is 0.823. The Morgan fingerprint density at radius 2 is 1.47 bits per heavy atom. The zero-order valence-corrected chi connectivity index (χ0v) is 10.3. The average molecular weight is 250 g/mol. The van der Waals surface area contributed by atoms with E-state index in [0.29, 0.717) is 15.5 Å². The summed E-state index contributed by atoms with van der Waals surface area (Å²) in [6.45, 7) is 0. The van der Waals surface area contributed by atoms with Gasteiger partial charge in [0.05, 0.1) is 16.9 Å². The summed E-state index contributed by atoms with van der Waals surface area (Å²) in [4.78, 5) is 0.842. The third kappa shape index (κ3) is 2.38. The predicted octanol–water partition coefficient (Wildman–Crippen LogP) is 2.60. The van der Waals surface area contributed by atoms with Crippen LogP contribution in [0.25, 0.3) is 0 Å². The normalized spacial score (nSPS) is 12.1. The van der Waals surface area contributed by atoms with Crippen LogP contribution in [0, 0.1) is 0 Å². The van der Waals surface area contributed by atoms with E-state index in [2.05, 4.69) is 0 Å². The number of hydrogen-bond donors (Lipinski definition) is 2.